The van der Waals surface area contributed by atoms with Crippen LogP contribution in [0.3, 0.4) is 0 Å². The van der Waals surface area contributed by atoms with E-state index in [0.29, 0.717) is 30.2 Å². The molecule has 160 valence electrons. The van der Waals surface area contributed by atoms with Crippen LogP contribution in [0.1, 0.15) is 37.8 Å². The smallest absolute Gasteiger partial charge is 0.329 e. The number of hydrogen-bond donors (Lipinski definition) is 2. The molecule has 0 aliphatic carbocycles. The average molecular weight is 415 g/mol. The van der Waals surface area contributed by atoms with Gasteiger partial charge in [0, 0.05) is 6.54 Å². The first-order valence-electron chi connectivity index (χ1n) is 9.78. The molecule has 0 unspecified atom stereocenters. The van der Waals surface area contributed by atoms with Gasteiger partial charge in [-0.1, -0.05) is 25.5 Å². The van der Waals surface area contributed by atoms with Gasteiger partial charge in [-0.25, -0.2) is 9.82 Å². The number of nitrogens with one attached hydrogen (secondary N) is 2. The molecular formula is C22H26FN3O4. The third-order valence-electron chi connectivity index (χ3n) is 3.98. The van der Waals surface area contributed by atoms with Crippen LogP contribution in [0.15, 0.2) is 47.6 Å². The number of benzene rings is 2. The van der Waals surface area contributed by atoms with E-state index in [4.69, 9.17) is 9.47 Å². The zero-order chi connectivity index (χ0) is 21.8. The Bertz CT molecular complexity index is 869. The molecule has 2 N–H and O–H groups in total. The van der Waals surface area contributed by atoms with Crippen LogP contribution in [0.4, 0.5) is 4.39 Å². The highest BCUT2D eigenvalue weighted by atomic mass is 19.1. The van der Waals surface area contributed by atoms with Crippen molar-refractivity contribution in [2.75, 3.05) is 13.2 Å². The Morgan fingerprint density at radius 3 is 2.50 bits per heavy atom. The molecule has 2 aromatic rings. The molecule has 7 nitrogen and oxygen atoms in total. The lowest BCUT2D eigenvalue weighted by atomic mass is 10.2. The molecule has 2 amide bonds. The number of amides is 2. The summed E-state index contributed by atoms with van der Waals surface area (Å²) in [4.78, 5) is 23.3. The zero-order valence-electron chi connectivity index (χ0n) is 17.1. The van der Waals surface area contributed by atoms with Crippen LogP contribution >= 0.6 is 0 Å². The maximum Gasteiger partial charge on any atom is 0.329 e. The quantitative estimate of drug-likeness (QED) is 0.270. The van der Waals surface area contributed by atoms with Crippen molar-refractivity contribution >= 4 is 18.0 Å². The largest absolute Gasteiger partial charge is 0.490 e. The van der Waals surface area contributed by atoms with Gasteiger partial charge >= 0.3 is 11.8 Å². The lowest BCUT2D eigenvalue weighted by Crippen LogP contribution is -2.38. The van der Waals surface area contributed by atoms with Gasteiger partial charge in [-0.15, -0.1) is 0 Å². The van der Waals surface area contributed by atoms with Gasteiger partial charge in [-0.2, -0.15) is 5.10 Å². The number of unbranched alkanes of at least 4 members (excludes halogenated alkanes) is 1. The van der Waals surface area contributed by atoms with Crippen LogP contribution in [0.25, 0.3) is 0 Å². The Labute approximate surface area is 175 Å². The number of nitrogens with zero attached hydrogens (tertiary/aromatic N) is 1. The fraction of sp³-hybridized carbons (Fsp3) is 0.318. The number of halogens is 1. The van der Waals surface area contributed by atoms with E-state index in [1.807, 2.05) is 13.8 Å². The second-order valence-corrected chi connectivity index (χ2v) is 6.36. The molecule has 0 fully saturated rings. The van der Waals surface area contributed by atoms with Crippen molar-refractivity contribution in [1.82, 2.24) is 10.7 Å². The third-order valence-corrected chi connectivity index (χ3v) is 3.98. The molecule has 0 spiro atoms. The third kappa shape index (κ3) is 7.54. The Kier molecular flexibility index (Phi) is 9.30. The molecule has 0 heterocycles. The van der Waals surface area contributed by atoms with Crippen LogP contribution in [0.5, 0.6) is 11.5 Å². The van der Waals surface area contributed by atoms with Gasteiger partial charge in [0.05, 0.1) is 12.8 Å². The minimum absolute atomic E-state index is 0.261. The number of carbonyl (C=O) groups is 2. The van der Waals surface area contributed by atoms with Crippen molar-refractivity contribution in [2.45, 2.75) is 33.3 Å². The molecule has 2 aromatic carbocycles. The van der Waals surface area contributed by atoms with E-state index in [9.17, 15) is 14.0 Å². The molecule has 0 radical (unpaired) electrons. The predicted molar refractivity (Wildman–Crippen MR) is 112 cm³/mol. The molecule has 8 heteroatoms. The van der Waals surface area contributed by atoms with Gasteiger partial charge in [-0.05, 0) is 54.8 Å². The Hall–Kier alpha value is -3.42. The summed E-state index contributed by atoms with van der Waals surface area (Å²) in [6.07, 6.45) is 3.13. The van der Waals surface area contributed by atoms with E-state index >= 15 is 0 Å². The summed E-state index contributed by atoms with van der Waals surface area (Å²) in [6.45, 7) is 4.98. The van der Waals surface area contributed by atoms with Crippen molar-refractivity contribution in [3.63, 3.8) is 0 Å². The van der Waals surface area contributed by atoms with Crippen LogP contribution in [-0.4, -0.2) is 31.2 Å². The maximum atomic E-state index is 13.0. The molecule has 30 heavy (non-hydrogen) atoms. The van der Waals surface area contributed by atoms with Crippen molar-refractivity contribution in [1.29, 1.82) is 0 Å². The van der Waals surface area contributed by atoms with Crippen molar-refractivity contribution in [2.24, 2.45) is 5.10 Å². The minimum atomic E-state index is -0.827. The van der Waals surface area contributed by atoms with Crippen LogP contribution in [-0.2, 0) is 16.2 Å². The molecule has 0 saturated carbocycles. The highest BCUT2D eigenvalue weighted by Crippen LogP contribution is 2.28. The second kappa shape index (κ2) is 12.2. The Morgan fingerprint density at radius 2 is 1.80 bits per heavy atom. The van der Waals surface area contributed by atoms with Gasteiger partial charge in [0.25, 0.3) is 0 Å². The number of hydrazone groups is 1. The molecular weight excluding hydrogens is 389 g/mol. The van der Waals surface area contributed by atoms with Crippen molar-refractivity contribution in [3.8, 4) is 11.5 Å². The predicted octanol–water partition coefficient (Wildman–Crippen LogP) is 3.17. The summed E-state index contributed by atoms with van der Waals surface area (Å²) < 4.78 is 24.4. The molecule has 0 bridgehead atoms. The van der Waals surface area contributed by atoms with Gasteiger partial charge in [0.15, 0.2) is 11.5 Å². The SMILES string of the molecule is CCCCNC(=O)C(=O)N/N=C\c1ccc(OCc2ccc(F)cc2)c(OCC)c1. The van der Waals surface area contributed by atoms with Crippen LogP contribution in [0.2, 0.25) is 0 Å². The van der Waals surface area contributed by atoms with Crippen LogP contribution < -0.4 is 20.2 Å². The maximum absolute atomic E-state index is 13.0. The zero-order valence-corrected chi connectivity index (χ0v) is 17.1. The number of carbonyl (C=O) groups excluding carboxylic acids is 2. The molecule has 0 saturated heterocycles. The summed E-state index contributed by atoms with van der Waals surface area (Å²) in [6, 6.07) is 11.2. The number of rotatable bonds is 10. The summed E-state index contributed by atoms with van der Waals surface area (Å²) in [5, 5.41) is 6.32. The van der Waals surface area contributed by atoms with E-state index in [1.54, 1.807) is 30.3 Å². The first-order valence-corrected chi connectivity index (χ1v) is 9.78. The summed E-state index contributed by atoms with van der Waals surface area (Å²) in [5.41, 5.74) is 3.67. The molecule has 0 atom stereocenters. The van der Waals surface area contributed by atoms with Gasteiger partial charge in [0.1, 0.15) is 12.4 Å². The van der Waals surface area contributed by atoms with E-state index in [0.717, 1.165) is 18.4 Å². The molecule has 2 rings (SSSR count). The summed E-state index contributed by atoms with van der Waals surface area (Å²) in [5.74, 6) is -0.820. The summed E-state index contributed by atoms with van der Waals surface area (Å²) >= 11 is 0. The summed E-state index contributed by atoms with van der Waals surface area (Å²) in [7, 11) is 0. The monoisotopic (exact) mass is 415 g/mol. The highest BCUT2D eigenvalue weighted by molar-refractivity contribution is 6.35. The first kappa shape index (κ1) is 22.9. The normalized spacial score (nSPS) is 10.6. The average Bonchev–Trinajstić information content (AvgIpc) is 2.74. The Balaban J connectivity index is 1.96. The minimum Gasteiger partial charge on any atom is -0.490 e. The van der Waals surface area contributed by atoms with Crippen LogP contribution in [0, 0.1) is 5.82 Å². The second-order valence-electron chi connectivity index (χ2n) is 6.36. The first-order chi connectivity index (χ1) is 14.5. The molecule has 0 aromatic heterocycles. The van der Waals surface area contributed by atoms with E-state index in [2.05, 4.69) is 15.8 Å². The lowest BCUT2D eigenvalue weighted by Gasteiger charge is -2.12. The van der Waals surface area contributed by atoms with Crippen molar-refractivity contribution < 1.29 is 23.5 Å². The molecule has 0 aliphatic rings. The van der Waals surface area contributed by atoms with Gasteiger partial charge < -0.3 is 14.8 Å². The standard InChI is InChI=1S/C22H26FN3O4/c1-3-5-12-24-21(27)22(28)26-25-14-17-8-11-19(20(13-17)29-4-2)30-15-16-6-9-18(23)10-7-16/h6-11,13-14H,3-5,12,15H2,1-2H3,(H,24,27)(H,26,28)/b25-14-. The van der Waals surface area contributed by atoms with Gasteiger partial charge in [-0.3, -0.25) is 9.59 Å². The lowest BCUT2D eigenvalue weighted by molar-refractivity contribution is -0.139. The highest BCUT2D eigenvalue weighted by Gasteiger charge is 2.11. The fourth-order valence-corrected chi connectivity index (χ4v) is 2.41. The van der Waals surface area contributed by atoms with E-state index < -0.39 is 11.8 Å². The van der Waals surface area contributed by atoms with E-state index in [1.165, 1.54) is 18.3 Å². The fourth-order valence-electron chi connectivity index (χ4n) is 2.41. The number of hydrogen-bond acceptors (Lipinski definition) is 5. The Morgan fingerprint density at radius 1 is 1.03 bits per heavy atom. The molecule has 0 aliphatic heterocycles. The van der Waals surface area contributed by atoms with E-state index in [-0.39, 0.29) is 12.4 Å². The van der Waals surface area contributed by atoms with Crippen molar-refractivity contribution in [3.05, 3.63) is 59.4 Å². The number of ether oxygens (including phenoxy) is 2. The topological polar surface area (TPSA) is 89.0 Å². The van der Waals surface area contributed by atoms with Gasteiger partial charge in [0.2, 0.25) is 0 Å².